The van der Waals surface area contributed by atoms with Crippen molar-refractivity contribution in [2.24, 2.45) is 5.73 Å². The molecule has 8 N–H and O–H groups in total. The highest BCUT2D eigenvalue weighted by Gasteiger charge is 2.25. The summed E-state index contributed by atoms with van der Waals surface area (Å²) in [6.45, 7) is 6.43. The second-order valence-electron chi connectivity index (χ2n) is 10.4. The molecule has 1 atom stereocenters. The van der Waals surface area contributed by atoms with Gasteiger partial charge in [-0.1, -0.05) is 42.5 Å². The maximum Gasteiger partial charge on any atom is 0.328 e. The van der Waals surface area contributed by atoms with Gasteiger partial charge in [0.05, 0.1) is 7.11 Å². The van der Waals surface area contributed by atoms with Gasteiger partial charge in [-0.2, -0.15) is 0 Å². The number of piperazine rings is 1. The van der Waals surface area contributed by atoms with Gasteiger partial charge in [0.15, 0.2) is 0 Å². The van der Waals surface area contributed by atoms with Crippen molar-refractivity contribution in [1.29, 1.82) is 0 Å². The molecule has 1 unspecified atom stereocenters. The van der Waals surface area contributed by atoms with E-state index in [4.69, 9.17) is 41.1 Å². The first kappa shape index (κ1) is 45.2. The minimum Gasteiger partial charge on any atom is -0.497 e. The van der Waals surface area contributed by atoms with Gasteiger partial charge in [0.25, 0.3) is 0 Å². The minimum absolute atomic E-state index is 0.452. The lowest BCUT2D eigenvalue weighted by atomic mass is 9.96. The van der Waals surface area contributed by atoms with E-state index in [0.29, 0.717) is 42.5 Å². The molecule has 1 fully saturated rings. The number of rotatable bonds is 15. The number of methoxy groups -OCH3 is 1. The Labute approximate surface area is 295 Å². The average Bonchev–Trinajstić information content (AvgIpc) is 3.10. The van der Waals surface area contributed by atoms with Crippen molar-refractivity contribution < 1.29 is 64.1 Å². The Kier molecular flexibility index (Phi) is 23.9. The summed E-state index contributed by atoms with van der Waals surface area (Å²) in [5, 5.41) is 46.9. The number of carboxylic acid groups (broad SMARTS) is 6. The summed E-state index contributed by atoms with van der Waals surface area (Å²) in [5.41, 5.74) is 8.47. The third-order valence-electron chi connectivity index (χ3n) is 6.68. The van der Waals surface area contributed by atoms with Crippen LogP contribution in [0.15, 0.2) is 91.1 Å². The second-order valence-corrected chi connectivity index (χ2v) is 10.4. The number of nitrogens with zero attached hydrogens (tertiary/aromatic N) is 2. The van der Waals surface area contributed by atoms with Gasteiger partial charge in [0, 0.05) is 68.7 Å². The monoisotopic (exact) mass is 715 g/mol. The number of aryl methyl sites for hydroxylation is 1. The maximum absolute atomic E-state index is 9.55. The van der Waals surface area contributed by atoms with Gasteiger partial charge in [0.1, 0.15) is 5.75 Å². The van der Waals surface area contributed by atoms with E-state index >= 15 is 0 Å². The number of ether oxygens (including phenoxy) is 1. The van der Waals surface area contributed by atoms with Crippen LogP contribution in [-0.4, -0.2) is 123 Å². The van der Waals surface area contributed by atoms with E-state index in [2.05, 4.69) is 64.4 Å². The summed E-state index contributed by atoms with van der Waals surface area (Å²) < 4.78 is 5.34. The molecule has 0 amide bonds. The first-order chi connectivity index (χ1) is 24.2. The van der Waals surface area contributed by atoms with Gasteiger partial charge in [-0.05, 0) is 55.6 Å². The molecule has 1 aliphatic rings. The van der Waals surface area contributed by atoms with E-state index in [9.17, 15) is 28.8 Å². The third kappa shape index (κ3) is 24.9. The van der Waals surface area contributed by atoms with Crippen molar-refractivity contribution in [3.05, 3.63) is 102 Å². The lowest BCUT2D eigenvalue weighted by molar-refractivity contribution is -0.134. The van der Waals surface area contributed by atoms with Crippen LogP contribution in [-0.2, 0) is 35.2 Å². The van der Waals surface area contributed by atoms with E-state index in [1.54, 1.807) is 7.11 Å². The summed E-state index contributed by atoms with van der Waals surface area (Å²) in [4.78, 5) is 62.5. The summed E-state index contributed by atoms with van der Waals surface area (Å²) >= 11 is 0. The van der Waals surface area contributed by atoms with Gasteiger partial charge in [0.2, 0.25) is 0 Å². The first-order valence-electron chi connectivity index (χ1n) is 15.4. The van der Waals surface area contributed by atoms with Crippen LogP contribution >= 0.6 is 0 Å². The van der Waals surface area contributed by atoms with E-state index in [0.717, 1.165) is 64.3 Å². The molecule has 0 saturated carbocycles. The Morgan fingerprint density at radius 3 is 1.43 bits per heavy atom. The van der Waals surface area contributed by atoms with Crippen LogP contribution < -0.4 is 10.5 Å². The van der Waals surface area contributed by atoms with Gasteiger partial charge in [-0.15, -0.1) is 0 Å². The average molecular weight is 716 g/mol. The lowest BCUT2D eigenvalue weighted by Crippen LogP contribution is -2.48. The largest absolute Gasteiger partial charge is 0.497 e. The highest BCUT2D eigenvalue weighted by Crippen LogP contribution is 2.28. The topological polar surface area (TPSA) is 266 Å². The zero-order valence-electron chi connectivity index (χ0n) is 28.1. The van der Waals surface area contributed by atoms with Gasteiger partial charge in [-0.25, -0.2) is 28.8 Å². The van der Waals surface area contributed by atoms with Crippen molar-refractivity contribution in [3.63, 3.8) is 0 Å². The molecule has 16 heteroatoms. The molecule has 0 aromatic heterocycles. The Morgan fingerprint density at radius 1 is 0.667 bits per heavy atom. The number of aliphatic carboxylic acids is 6. The summed E-state index contributed by atoms with van der Waals surface area (Å²) in [6.07, 6.45) is 6.68. The van der Waals surface area contributed by atoms with Crippen molar-refractivity contribution in [2.75, 3.05) is 46.4 Å². The molecule has 0 radical (unpaired) electrons. The highest BCUT2D eigenvalue weighted by molar-refractivity contribution is 5.90. The highest BCUT2D eigenvalue weighted by atomic mass is 16.5. The van der Waals surface area contributed by atoms with Gasteiger partial charge in [-0.3, -0.25) is 4.90 Å². The number of hydrogen-bond donors (Lipinski definition) is 7. The van der Waals surface area contributed by atoms with Crippen LogP contribution in [0.2, 0.25) is 0 Å². The molecule has 1 heterocycles. The van der Waals surface area contributed by atoms with Crippen LogP contribution in [0.25, 0.3) is 0 Å². The normalized spacial score (nSPS) is 13.5. The van der Waals surface area contributed by atoms with E-state index < -0.39 is 35.8 Å². The van der Waals surface area contributed by atoms with E-state index in [-0.39, 0.29) is 0 Å². The zero-order valence-corrected chi connectivity index (χ0v) is 28.1. The number of carboxylic acids is 6. The summed E-state index contributed by atoms with van der Waals surface area (Å²) in [6, 6.07) is 19.9. The molecular formula is C35H45N3O13. The van der Waals surface area contributed by atoms with Crippen LogP contribution in [0.5, 0.6) is 5.75 Å². The molecule has 0 aliphatic carbocycles. The van der Waals surface area contributed by atoms with Crippen molar-refractivity contribution in [1.82, 2.24) is 9.80 Å². The van der Waals surface area contributed by atoms with Crippen LogP contribution in [0.4, 0.5) is 0 Å². The lowest BCUT2D eigenvalue weighted by Gasteiger charge is -2.39. The second kappa shape index (κ2) is 27.0. The van der Waals surface area contributed by atoms with Crippen LogP contribution in [0.3, 0.4) is 0 Å². The predicted molar refractivity (Wildman–Crippen MR) is 185 cm³/mol. The Hall–Kier alpha value is -5.84. The standard InChI is InChI=1S/C23H33N3O.3C4H4O4/c1-27-22-11-9-21(10-12-22)23(13-8-20-6-3-2-4-7-20)26-18-16-25(17-19-26)15-5-14-24;3*5-3(6)1-2-4(7)8/h2-4,6-7,9-12,23H,5,8,13-19,24H2,1H3;3*1-2H,(H,5,6)(H,7,8)/b;3*2-1-. The fourth-order valence-corrected chi connectivity index (χ4v) is 4.38. The SMILES string of the molecule is COc1ccc(C(CCc2ccccc2)N2CCN(CCCN)CC2)cc1.O=C(O)/C=C\C(=O)O.O=C(O)/C=C\C(=O)O.O=C(O)/C=C\C(=O)O. The molecule has 2 aromatic rings. The zero-order chi connectivity index (χ0) is 38.6. The van der Waals surface area contributed by atoms with E-state index in [1.165, 1.54) is 11.1 Å². The Balaban J connectivity index is 0.000000848. The Bertz CT molecular complexity index is 1320. The smallest absolute Gasteiger partial charge is 0.328 e. The number of benzene rings is 2. The summed E-state index contributed by atoms with van der Waals surface area (Å²) in [5.74, 6) is -6.62. The number of carbonyl (C=O) groups is 6. The van der Waals surface area contributed by atoms with Gasteiger partial charge >= 0.3 is 35.8 Å². The van der Waals surface area contributed by atoms with Crippen LogP contribution in [0.1, 0.15) is 30.0 Å². The molecule has 16 nitrogen and oxygen atoms in total. The predicted octanol–water partition coefficient (Wildman–Crippen LogP) is 2.47. The molecule has 0 spiro atoms. The first-order valence-corrected chi connectivity index (χ1v) is 15.4. The maximum atomic E-state index is 9.55. The minimum atomic E-state index is -1.26. The number of hydrogen-bond acceptors (Lipinski definition) is 10. The van der Waals surface area contributed by atoms with Crippen molar-refractivity contribution in [3.8, 4) is 5.75 Å². The fourth-order valence-electron chi connectivity index (χ4n) is 4.38. The quantitative estimate of drug-likeness (QED) is 0.131. The Morgan fingerprint density at radius 2 is 1.08 bits per heavy atom. The van der Waals surface area contributed by atoms with E-state index in [1.807, 2.05) is 0 Å². The molecule has 51 heavy (non-hydrogen) atoms. The molecule has 1 saturated heterocycles. The fraction of sp³-hybridized carbons (Fsp3) is 0.314. The molecule has 0 bridgehead atoms. The van der Waals surface area contributed by atoms with Gasteiger partial charge < -0.3 is 46.0 Å². The third-order valence-corrected chi connectivity index (χ3v) is 6.68. The molecule has 2 aromatic carbocycles. The van der Waals surface area contributed by atoms with Crippen molar-refractivity contribution >= 4 is 35.8 Å². The summed E-state index contributed by atoms with van der Waals surface area (Å²) in [7, 11) is 1.72. The molecule has 3 rings (SSSR count). The molecular weight excluding hydrogens is 670 g/mol. The molecule has 1 aliphatic heterocycles. The molecule has 278 valence electrons. The van der Waals surface area contributed by atoms with Crippen LogP contribution in [0, 0.1) is 0 Å². The number of nitrogens with two attached hydrogens (primary N) is 1. The van der Waals surface area contributed by atoms with Crippen molar-refractivity contribution in [2.45, 2.75) is 25.3 Å².